The summed E-state index contributed by atoms with van der Waals surface area (Å²) in [6, 6.07) is 8.68. The van der Waals surface area contributed by atoms with Crippen molar-refractivity contribution in [3.05, 3.63) is 29.0 Å². The molecule has 2 aliphatic rings. The lowest BCUT2D eigenvalue weighted by Crippen LogP contribution is -2.35. The van der Waals surface area contributed by atoms with Crippen molar-refractivity contribution in [2.75, 3.05) is 20.8 Å². The van der Waals surface area contributed by atoms with Gasteiger partial charge in [0.05, 0.1) is 26.4 Å². The Morgan fingerprint density at radius 2 is 1.90 bits per heavy atom. The molecule has 0 spiro atoms. The van der Waals surface area contributed by atoms with Gasteiger partial charge in [-0.25, -0.2) is 4.68 Å². The van der Waals surface area contributed by atoms with E-state index in [1.54, 1.807) is 7.11 Å². The second kappa shape index (κ2) is 9.41. The molecule has 0 N–H and O–H groups in total. The van der Waals surface area contributed by atoms with E-state index in [0.29, 0.717) is 6.04 Å². The van der Waals surface area contributed by atoms with Crippen LogP contribution in [0.2, 0.25) is 0 Å². The molecule has 1 aromatic heterocycles. The van der Waals surface area contributed by atoms with E-state index in [2.05, 4.69) is 28.6 Å². The lowest BCUT2D eigenvalue weighted by Gasteiger charge is -2.30. The average Bonchev–Trinajstić information content (AvgIpc) is 3.38. The fourth-order valence-electron chi connectivity index (χ4n) is 4.49. The Balaban J connectivity index is 1.62. The smallest absolute Gasteiger partial charge is 0.199 e. The molecule has 2 aromatic rings. The zero-order valence-electron chi connectivity index (χ0n) is 17.5. The number of nitrogens with zero attached hydrogens (tertiary/aromatic N) is 4. The van der Waals surface area contributed by atoms with Crippen molar-refractivity contribution in [3.8, 4) is 17.1 Å². The number of hydrogen-bond donors (Lipinski definition) is 0. The van der Waals surface area contributed by atoms with Crippen LogP contribution < -0.4 is 4.74 Å². The highest BCUT2D eigenvalue weighted by atomic mass is 32.1. The summed E-state index contributed by atoms with van der Waals surface area (Å²) in [6.07, 6.45) is 8.97. The van der Waals surface area contributed by atoms with Crippen molar-refractivity contribution in [2.24, 2.45) is 0 Å². The van der Waals surface area contributed by atoms with E-state index in [0.717, 1.165) is 54.6 Å². The maximum atomic E-state index is 5.89. The van der Waals surface area contributed by atoms with Gasteiger partial charge in [-0.3, -0.25) is 9.47 Å². The van der Waals surface area contributed by atoms with Crippen molar-refractivity contribution in [1.29, 1.82) is 0 Å². The SMILES string of the molecule is COc1ccc(-c2nn(CN(C)C3CCCCC3)c(=S)n2C[C@H]2CCCO2)cc1. The second-order valence-electron chi connectivity index (χ2n) is 8.27. The maximum absolute atomic E-state index is 5.89. The van der Waals surface area contributed by atoms with Crippen LogP contribution in [0, 0.1) is 4.77 Å². The van der Waals surface area contributed by atoms with Gasteiger partial charge in [-0.1, -0.05) is 19.3 Å². The number of aromatic nitrogens is 3. The van der Waals surface area contributed by atoms with Crippen LogP contribution in [0.3, 0.4) is 0 Å². The summed E-state index contributed by atoms with van der Waals surface area (Å²) in [5.41, 5.74) is 1.05. The highest BCUT2D eigenvalue weighted by Gasteiger charge is 2.23. The van der Waals surface area contributed by atoms with Gasteiger partial charge >= 0.3 is 0 Å². The van der Waals surface area contributed by atoms with E-state index in [1.807, 2.05) is 16.8 Å². The van der Waals surface area contributed by atoms with Crippen molar-refractivity contribution >= 4 is 12.2 Å². The summed E-state index contributed by atoms with van der Waals surface area (Å²) in [6.45, 7) is 2.33. The van der Waals surface area contributed by atoms with E-state index in [1.165, 1.54) is 32.1 Å². The third kappa shape index (κ3) is 4.73. The highest BCUT2D eigenvalue weighted by molar-refractivity contribution is 7.71. The Labute approximate surface area is 178 Å². The molecule has 1 aliphatic heterocycles. The average molecular weight is 417 g/mol. The van der Waals surface area contributed by atoms with E-state index < -0.39 is 0 Å². The Morgan fingerprint density at radius 1 is 1.14 bits per heavy atom. The molecule has 1 saturated carbocycles. The third-order valence-electron chi connectivity index (χ3n) is 6.24. The molecule has 1 saturated heterocycles. The predicted octanol–water partition coefficient (Wildman–Crippen LogP) is 4.49. The van der Waals surface area contributed by atoms with Crippen LogP contribution >= 0.6 is 12.2 Å². The van der Waals surface area contributed by atoms with E-state index in [4.69, 9.17) is 26.8 Å². The summed E-state index contributed by atoms with van der Waals surface area (Å²) >= 11 is 5.87. The van der Waals surface area contributed by atoms with E-state index >= 15 is 0 Å². The number of methoxy groups -OCH3 is 1. The largest absolute Gasteiger partial charge is 0.497 e. The predicted molar refractivity (Wildman–Crippen MR) is 117 cm³/mol. The number of hydrogen-bond acceptors (Lipinski definition) is 5. The number of ether oxygens (including phenoxy) is 2. The van der Waals surface area contributed by atoms with Crippen LogP contribution in [0.5, 0.6) is 5.75 Å². The molecule has 2 fully saturated rings. The first-order valence-electron chi connectivity index (χ1n) is 10.8. The van der Waals surface area contributed by atoms with Crippen LogP contribution in [0.15, 0.2) is 24.3 Å². The zero-order valence-corrected chi connectivity index (χ0v) is 18.4. The van der Waals surface area contributed by atoms with Gasteiger partial charge in [0, 0.05) is 18.2 Å². The molecule has 4 rings (SSSR count). The Bertz CT molecular complexity index is 849. The van der Waals surface area contributed by atoms with Gasteiger partial charge in [-0.05, 0) is 69.2 Å². The van der Waals surface area contributed by atoms with Crippen molar-refractivity contribution in [3.63, 3.8) is 0 Å². The van der Waals surface area contributed by atoms with E-state index in [9.17, 15) is 0 Å². The minimum Gasteiger partial charge on any atom is -0.497 e. The van der Waals surface area contributed by atoms with Crippen LogP contribution in [-0.2, 0) is 18.0 Å². The molecular formula is C22H32N4O2S. The quantitative estimate of drug-likeness (QED) is 0.622. The lowest BCUT2D eigenvalue weighted by atomic mass is 9.95. The van der Waals surface area contributed by atoms with Crippen LogP contribution in [0.4, 0.5) is 0 Å². The molecule has 0 unspecified atom stereocenters. The molecule has 6 nitrogen and oxygen atoms in total. The highest BCUT2D eigenvalue weighted by Crippen LogP contribution is 2.25. The standard InChI is InChI=1S/C22H32N4O2S/c1-24(18-7-4-3-5-8-18)16-26-22(29)25(15-20-9-6-14-28-20)21(23-26)17-10-12-19(27-2)13-11-17/h10-13,18,20H,3-9,14-16H2,1-2H3/t20-/m1/s1. The zero-order chi connectivity index (χ0) is 20.2. The van der Waals surface area contributed by atoms with Gasteiger partial charge in [0.1, 0.15) is 5.75 Å². The van der Waals surface area contributed by atoms with Crippen molar-refractivity contribution < 1.29 is 9.47 Å². The monoisotopic (exact) mass is 416 g/mol. The Hall–Kier alpha value is -1.70. The molecule has 2 heterocycles. The first kappa shape index (κ1) is 20.6. The third-order valence-corrected chi connectivity index (χ3v) is 6.67. The Kier molecular flexibility index (Phi) is 6.67. The van der Waals surface area contributed by atoms with Gasteiger partial charge in [-0.15, -0.1) is 0 Å². The Morgan fingerprint density at radius 3 is 2.55 bits per heavy atom. The van der Waals surface area contributed by atoms with Gasteiger partial charge in [0.2, 0.25) is 0 Å². The first-order valence-corrected chi connectivity index (χ1v) is 11.2. The molecule has 158 valence electrons. The normalized spacial score (nSPS) is 20.4. The summed E-state index contributed by atoms with van der Waals surface area (Å²) in [7, 11) is 3.88. The maximum Gasteiger partial charge on any atom is 0.199 e. The lowest BCUT2D eigenvalue weighted by molar-refractivity contribution is 0.0964. The molecule has 1 atom stereocenters. The van der Waals surface area contributed by atoms with Crippen LogP contribution in [0.25, 0.3) is 11.4 Å². The van der Waals surface area contributed by atoms with Crippen LogP contribution in [0.1, 0.15) is 44.9 Å². The second-order valence-corrected chi connectivity index (χ2v) is 8.64. The van der Waals surface area contributed by atoms with Crippen molar-refractivity contribution in [1.82, 2.24) is 19.2 Å². The molecule has 1 aliphatic carbocycles. The molecule has 29 heavy (non-hydrogen) atoms. The summed E-state index contributed by atoms with van der Waals surface area (Å²) in [5, 5.41) is 4.95. The van der Waals surface area contributed by atoms with Crippen LogP contribution in [-0.4, -0.2) is 52.2 Å². The minimum atomic E-state index is 0.215. The first-order chi connectivity index (χ1) is 14.2. The van der Waals surface area contributed by atoms with Gasteiger partial charge in [0.25, 0.3) is 0 Å². The number of rotatable bonds is 7. The fourth-order valence-corrected chi connectivity index (χ4v) is 4.75. The van der Waals surface area contributed by atoms with Gasteiger partial charge in [-0.2, -0.15) is 5.10 Å². The number of benzene rings is 1. The molecule has 0 radical (unpaired) electrons. The topological polar surface area (TPSA) is 44.5 Å². The summed E-state index contributed by atoms with van der Waals surface area (Å²) in [5.74, 6) is 1.75. The van der Waals surface area contributed by atoms with Gasteiger partial charge < -0.3 is 9.47 Å². The molecule has 0 amide bonds. The van der Waals surface area contributed by atoms with Gasteiger partial charge in [0.15, 0.2) is 10.6 Å². The minimum absolute atomic E-state index is 0.215. The molecule has 0 bridgehead atoms. The van der Waals surface area contributed by atoms with Crippen molar-refractivity contribution in [2.45, 2.75) is 70.3 Å². The summed E-state index contributed by atoms with van der Waals surface area (Å²) < 4.78 is 16.1. The van der Waals surface area contributed by atoms with E-state index in [-0.39, 0.29) is 6.10 Å². The summed E-state index contributed by atoms with van der Waals surface area (Å²) in [4.78, 5) is 2.41. The molecule has 7 heteroatoms. The molecular weight excluding hydrogens is 384 g/mol. The fraction of sp³-hybridized carbons (Fsp3) is 0.636. The molecule has 1 aromatic carbocycles.